The fourth-order valence-corrected chi connectivity index (χ4v) is 1.70. The molecular formula is C11H15ClO3. The molecule has 1 aromatic rings. The van der Waals surface area contributed by atoms with Crippen LogP contribution in [0.3, 0.4) is 0 Å². The normalized spacial score (nSPS) is 12.3. The van der Waals surface area contributed by atoms with Crippen molar-refractivity contribution in [2.24, 2.45) is 0 Å². The van der Waals surface area contributed by atoms with Crippen molar-refractivity contribution in [2.45, 2.75) is 13.0 Å². The van der Waals surface area contributed by atoms with E-state index in [1.54, 1.807) is 26.4 Å². The summed E-state index contributed by atoms with van der Waals surface area (Å²) < 4.78 is 10.4. The lowest BCUT2D eigenvalue weighted by molar-refractivity contribution is 0.197. The zero-order valence-electron chi connectivity index (χ0n) is 9.08. The number of alkyl halides is 1. The molecule has 15 heavy (non-hydrogen) atoms. The number of halogens is 1. The van der Waals surface area contributed by atoms with Crippen LogP contribution >= 0.6 is 11.6 Å². The summed E-state index contributed by atoms with van der Waals surface area (Å²) in [6.07, 6.45) is -0.716. The molecule has 3 nitrogen and oxygen atoms in total. The van der Waals surface area contributed by atoms with E-state index in [-0.39, 0.29) is 5.88 Å². The summed E-state index contributed by atoms with van der Waals surface area (Å²) in [6, 6.07) is 3.56. The Kier molecular flexibility index (Phi) is 4.24. The van der Waals surface area contributed by atoms with Crippen LogP contribution < -0.4 is 9.47 Å². The van der Waals surface area contributed by atoms with Crippen LogP contribution in [0.4, 0.5) is 0 Å². The summed E-state index contributed by atoms with van der Waals surface area (Å²) in [7, 11) is 3.16. The van der Waals surface area contributed by atoms with E-state index in [0.29, 0.717) is 11.3 Å². The van der Waals surface area contributed by atoms with E-state index in [0.717, 1.165) is 11.3 Å². The van der Waals surface area contributed by atoms with Crippen LogP contribution in [0.15, 0.2) is 12.1 Å². The second-order valence-corrected chi connectivity index (χ2v) is 3.49. The van der Waals surface area contributed by atoms with Gasteiger partial charge in [0.15, 0.2) is 0 Å². The van der Waals surface area contributed by atoms with E-state index >= 15 is 0 Å². The first kappa shape index (κ1) is 12.1. The molecule has 1 atom stereocenters. The van der Waals surface area contributed by atoms with Gasteiger partial charge in [0.2, 0.25) is 0 Å². The van der Waals surface area contributed by atoms with Crippen LogP contribution in [0, 0.1) is 6.92 Å². The first-order chi connectivity index (χ1) is 7.15. The molecule has 0 saturated carbocycles. The third kappa shape index (κ3) is 2.36. The Hall–Kier alpha value is -0.930. The van der Waals surface area contributed by atoms with Crippen LogP contribution in [0.5, 0.6) is 11.5 Å². The molecule has 1 aromatic carbocycles. The molecular weight excluding hydrogens is 216 g/mol. The predicted molar refractivity (Wildman–Crippen MR) is 60.0 cm³/mol. The summed E-state index contributed by atoms with van der Waals surface area (Å²) in [5.74, 6) is 1.50. The van der Waals surface area contributed by atoms with Gasteiger partial charge in [0.25, 0.3) is 0 Å². The largest absolute Gasteiger partial charge is 0.496 e. The monoisotopic (exact) mass is 230 g/mol. The van der Waals surface area contributed by atoms with Crippen molar-refractivity contribution in [3.05, 3.63) is 23.3 Å². The van der Waals surface area contributed by atoms with Gasteiger partial charge in [-0.3, -0.25) is 0 Å². The van der Waals surface area contributed by atoms with E-state index in [1.165, 1.54) is 0 Å². The quantitative estimate of drug-likeness (QED) is 0.807. The lowest BCUT2D eigenvalue weighted by atomic mass is 10.0. The number of rotatable bonds is 4. The number of ether oxygens (including phenoxy) is 2. The Morgan fingerprint density at radius 3 is 2.47 bits per heavy atom. The molecule has 0 aliphatic heterocycles. The summed E-state index contributed by atoms with van der Waals surface area (Å²) in [4.78, 5) is 0. The van der Waals surface area contributed by atoms with Gasteiger partial charge < -0.3 is 14.6 Å². The summed E-state index contributed by atoms with van der Waals surface area (Å²) in [5.41, 5.74) is 1.55. The lowest BCUT2D eigenvalue weighted by Gasteiger charge is -2.16. The Morgan fingerprint density at radius 2 is 2.00 bits per heavy atom. The molecule has 0 radical (unpaired) electrons. The van der Waals surface area contributed by atoms with Crippen LogP contribution in [-0.2, 0) is 0 Å². The van der Waals surface area contributed by atoms with Gasteiger partial charge in [-0.1, -0.05) is 0 Å². The number of benzene rings is 1. The van der Waals surface area contributed by atoms with Crippen molar-refractivity contribution in [3.8, 4) is 11.5 Å². The molecule has 0 aliphatic rings. The average Bonchev–Trinajstić information content (AvgIpc) is 2.27. The number of hydrogen-bond acceptors (Lipinski definition) is 3. The Morgan fingerprint density at radius 1 is 1.33 bits per heavy atom. The molecule has 0 saturated heterocycles. The minimum absolute atomic E-state index is 0.141. The maximum Gasteiger partial charge on any atom is 0.131 e. The molecule has 0 bridgehead atoms. The third-order valence-corrected chi connectivity index (χ3v) is 2.61. The smallest absolute Gasteiger partial charge is 0.131 e. The number of methoxy groups -OCH3 is 2. The molecule has 0 aliphatic carbocycles. The predicted octanol–water partition coefficient (Wildman–Crippen LogP) is 2.28. The van der Waals surface area contributed by atoms with E-state index < -0.39 is 6.10 Å². The van der Waals surface area contributed by atoms with Gasteiger partial charge in [-0.05, 0) is 19.1 Å². The SMILES string of the molecule is COc1ccc(C(O)CCl)c(OC)c1C. The van der Waals surface area contributed by atoms with E-state index in [9.17, 15) is 5.11 Å². The first-order valence-corrected chi connectivity index (χ1v) is 5.14. The highest BCUT2D eigenvalue weighted by Crippen LogP contribution is 2.34. The van der Waals surface area contributed by atoms with Crippen molar-refractivity contribution in [1.82, 2.24) is 0 Å². The molecule has 1 rings (SSSR count). The highest BCUT2D eigenvalue weighted by Gasteiger charge is 2.16. The number of hydrogen-bond donors (Lipinski definition) is 1. The average molecular weight is 231 g/mol. The molecule has 0 heterocycles. The van der Waals surface area contributed by atoms with Gasteiger partial charge in [0, 0.05) is 11.1 Å². The van der Waals surface area contributed by atoms with Crippen molar-refractivity contribution in [2.75, 3.05) is 20.1 Å². The maximum absolute atomic E-state index is 9.68. The van der Waals surface area contributed by atoms with Crippen LogP contribution in [-0.4, -0.2) is 25.2 Å². The van der Waals surface area contributed by atoms with E-state index in [1.807, 2.05) is 6.92 Å². The van der Waals surface area contributed by atoms with Gasteiger partial charge in [0.05, 0.1) is 26.2 Å². The second-order valence-electron chi connectivity index (χ2n) is 3.19. The molecule has 0 fully saturated rings. The lowest BCUT2D eigenvalue weighted by Crippen LogP contribution is -2.04. The van der Waals surface area contributed by atoms with Crippen LogP contribution in [0.1, 0.15) is 17.2 Å². The highest BCUT2D eigenvalue weighted by atomic mass is 35.5. The Bertz CT molecular complexity index is 339. The summed E-state index contributed by atoms with van der Waals surface area (Å²) in [5, 5.41) is 9.68. The fourth-order valence-electron chi connectivity index (χ4n) is 1.53. The van der Waals surface area contributed by atoms with Gasteiger partial charge >= 0.3 is 0 Å². The minimum Gasteiger partial charge on any atom is -0.496 e. The summed E-state index contributed by atoms with van der Waals surface area (Å²) in [6.45, 7) is 1.88. The molecule has 4 heteroatoms. The van der Waals surface area contributed by atoms with Crippen molar-refractivity contribution in [3.63, 3.8) is 0 Å². The van der Waals surface area contributed by atoms with Gasteiger partial charge in [-0.2, -0.15) is 0 Å². The number of aliphatic hydroxyl groups is 1. The van der Waals surface area contributed by atoms with E-state index in [2.05, 4.69) is 0 Å². The Balaban J connectivity index is 3.24. The van der Waals surface area contributed by atoms with Gasteiger partial charge in [-0.15, -0.1) is 11.6 Å². The maximum atomic E-state index is 9.68. The van der Waals surface area contributed by atoms with Crippen LogP contribution in [0.25, 0.3) is 0 Å². The summed E-state index contributed by atoms with van der Waals surface area (Å²) >= 11 is 5.60. The third-order valence-electron chi connectivity index (χ3n) is 2.32. The fraction of sp³-hybridized carbons (Fsp3) is 0.455. The topological polar surface area (TPSA) is 38.7 Å². The highest BCUT2D eigenvalue weighted by molar-refractivity contribution is 6.18. The molecule has 1 unspecified atom stereocenters. The molecule has 0 aromatic heterocycles. The molecule has 0 spiro atoms. The van der Waals surface area contributed by atoms with Crippen molar-refractivity contribution < 1.29 is 14.6 Å². The van der Waals surface area contributed by atoms with Crippen LogP contribution in [0.2, 0.25) is 0 Å². The molecule has 84 valence electrons. The van der Waals surface area contributed by atoms with Crippen molar-refractivity contribution in [1.29, 1.82) is 0 Å². The van der Waals surface area contributed by atoms with E-state index in [4.69, 9.17) is 21.1 Å². The van der Waals surface area contributed by atoms with Gasteiger partial charge in [0.1, 0.15) is 11.5 Å². The second kappa shape index (κ2) is 5.24. The first-order valence-electron chi connectivity index (χ1n) is 4.61. The number of aliphatic hydroxyl groups excluding tert-OH is 1. The zero-order chi connectivity index (χ0) is 11.4. The minimum atomic E-state index is -0.716. The Labute approximate surface area is 94.6 Å². The molecule has 1 N–H and O–H groups in total. The van der Waals surface area contributed by atoms with Crippen molar-refractivity contribution >= 4 is 11.6 Å². The zero-order valence-corrected chi connectivity index (χ0v) is 9.84. The molecule has 0 amide bonds. The standard InChI is InChI=1S/C11H15ClO3/c1-7-10(14-2)5-4-8(9(13)6-12)11(7)15-3/h4-5,9,13H,6H2,1-3H3. The van der Waals surface area contributed by atoms with Gasteiger partial charge in [-0.25, -0.2) is 0 Å².